The van der Waals surface area contributed by atoms with Crippen LogP contribution < -0.4 is 10.6 Å². The second-order valence-electron chi connectivity index (χ2n) is 6.78. The maximum Gasteiger partial charge on any atom is 0.254 e. The lowest BCUT2D eigenvalue weighted by Gasteiger charge is -2.21. The number of carbonyl (C=O) groups excluding carboxylic acids is 1. The van der Waals surface area contributed by atoms with Gasteiger partial charge in [0.25, 0.3) is 5.91 Å². The Bertz CT molecular complexity index is 1090. The van der Waals surface area contributed by atoms with Crippen LogP contribution >= 0.6 is 11.6 Å². The molecule has 148 valence electrons. The molecule has 29 heavy (non-hydrogen) atoms. The Labute approximate surface area is 172 Å². The lowest BCUT2D eigenvalue weighted by atomic mass is 9.96. The third-order valence-electron chi connectivity index (χ3n) is 4.90. The fraction of sp³-hybridized carbons (Fsp3) is 0.238. The third kappa shape index (κ3) is 3.91. The quantitative estimate of drug-likeness (QED) is 0.668. The number of nitrogens with one attached hydrogen (secondary N) is 2. The van der Waals surface area contributed by atoms with Crippen LogP contribution in [-0.4, -0.2) is 27.9 Å². The number of anilines is 2. The number of hydrogen-bond donors (Lipinski definition) is 2. The molecule has 6 nitrogen and oxygen atoms in total. The molecule has 0 spiro atoms. The summed E-state index contributed by atoms with van der Waals surface area (Å²) in [5, 5.41) is 6.27. The second-order valence-corrected chi connectivity index (χ2v) is 7.21. The summed E-state index contributed by atoms with van der Waals surface area (Å²) in [6, 6.07) is 6.03. The molecule has 4 rings (SSSR count). The van der Waals surface area contributed by atoms with Crippen LogP contribution in [0.2, 0.25) is 5.02 Å². The largest absolute Gasteiger partial charge is 0.355 e. The lowest BCUT2D eigenvalue weighted by Crippen LogP contribution is -2.20. The predicted octanol–water partition coefficient (Wildman–Crippen LogP) is 4.31. The van der Waals surface area contributed by atoms with Crippen molar-refractivity contribution in [2.75, 3.05) is 12.4 Å². The van der Waals surface area contributed by atoms with Gasteiger partial charge in [0, 0.05) is 35.7 Å². The van der Waals surface area contributed by atoms with Gasteiger partial charge in [-0.25, -0.2) is 14.4 Å². The van der Waals surface area contributed by atoms with Crippen molar-refractivity contribution in [3.63, 3.8) is 0 Å². The van der Waals surface area contributed by atoms with E-state index in [4.69, 9.17) is 11.6 Å². The average Bonchev–Trinajstić information content (AvgIpc) is 2.75. The molecule has 0 aliphatic heterocycles. The first-order valence-corrected chi connectivity index (χ1v) is 9.73. The summed E-state index contributed by atoms with van der Waals surface area (Å²) in [6.07, 6.45) is 6.73. The van der Waals surface area contributed by atoms with Gasteiger partial charge in [-0.3, -0.25) is 9.78 Å². The predicted molar refractivity (Wildman–Crippen MR) is 110 cm³/mol. The minimum absolute atomic E-state index is 0.246. The minimum Gasteiger partial charge on any atom is -0.355 e. The van der Waals surface area contributed by atoms with E-state index >= 15 is 0 Å². The fourth-order valence-corrected chi connectivity index (χ4v) is 3.61. The summed E-state index contributed by atoms with van der Waals surface area (Å²) in [4.78, 5) is 25.5. The highest BCUT2D eigenvalue weighted by atomic mass is 35.5. The number of pyridine rings is 1. The van der Waals surface area contributed by atoms with Gasteiger partial charge in [-0.2, -0.15) is 0 Å². The van der Waals surface area contributed by atoms with Crippen LogP contribution in [0.25, 0.3) is 11.4 Å². The van der Waals surface area contributed by atoms with E-state index in [9.17, 15) is 9.18 Å². The molecule has 0 saturated carbocycles. The lowest BCUT2D eigenvalue weighted by molar-refractivity contribution is 0.0963. The monoisotopic (exact) mass is 411 g/mol. The Balaban J connectivity index is 1.83. The van der Waals surface area contributed by atoms with Gasteiger partial charge in [0.05, 0.1) is 16.8 Å². The number of aromatic nitrogens is 3. The van der Waals surface area contributed by atoms with E-state index in [0.717, 1.165) is 36.9 Å². The Morgan fingerprint density at radius 2 is 2.00 bits per heavy atom. The molecule has 0 unspecified atom stereocenters. The van der Waals surface area contributed by atoms with Gasteiger partial charge in [0.1, 0.15) is 11.6 Å². The number of rotatable bonds is 4. The van der Waals surface area contributed by atoms with Crippen LogP contribution in [0, 0.1) is 5.82 Å². The first kappa shape index (κ1) is 19.3. The van der Waals surface area contributed by atoms with Crippen molar-refractivity contribution < 1.29 is 9.18 Å². The first-order chi connectivity index (χ1) is 14.1. The highest BCUT2D eigenvalue weighted by Crippen LogP contribution is 2.32. The number of carbonyl (C=O) groups is 1. The van der Waals surface area contributed by atoms with Gasteiger partial charge in [-0.1, -0.05) is 11.6 Å². The van der Waals surface area contributed by atoms with E-state index in [-0.39, 0.29) is 17.3 Å². The first-order valence-electron chi connectivity index (χ1n) is 9.35. The van der Waals surface area contributed by atoms with Crippen LogP contribution in [-0.2, 0) is 12.8 Å². The van der Waals surface area contributed by atoms with E-state index in [1.54, 1.807) is 19.3 Å². The number of aryl methyl sites for hydroxylation is 1. The van der Waals surface area contributed by atoms with Crippen molar-refractivity contribution in [3.05, 3.63) is 64.3 Å². The van der Waals surface area contributed by atoms with E-state index in [1.807, 2.05) is 0 Å². The highest BCUT2D eigenvalue weighted by molar-refractivity contribution is 6.30. The van der Waals surface area contributed by atoms with Crippen LogP contribution in [0.1, 0.15) is 34.5 Å². The van der Waals surface area contributed by atoms with Crippen LogP contribution in [0.3, 0.4) is 0 Å². The molecule has 2 N–H and O–H groups in total. The number of halogens is 2. The molecule has 0 fully saturated rings. The van der Waals surface area contributed by atoms with E-state index in [2.05, 4.69) is 25.6 Å². The van der Waals surface area contributed by atoms with Crippen LogP contribution in [0.4, 0.5) is 15.9 Å². The van der Waals surface area contributed by atoms with E-state index < -0.39 is 5.82 Å². The normalized spacial score (nSPS) is 12.9. The summed E-state index contributed by atoms with van der Waals surface area (Å²) in [5.41, 5.74) is 3.09. The van der Waals surface area contributed by atoms with Gasteiger partial charge in [-0.15, -0.1) is 0 Å². The zero-order valence-corrected chi connectivity index (χ0v) is 16.6. The Hall–Kier alpha value is -3.06. The molecule has 0 bridgehead atoms. The van der Waals surface area contributed by atoms with Crippen molar-refractivity contribution in [3.8, 4) is 11.4 Å². The second kappa shape index (κ2) is 8.13. The summed E-state index contributed by atoms with van der Waals surface area (Å²) >= 11 is 6.06. The number of nitrogens with zero attached hydrogens (tertiary/aromatic N) is 3. The molecule has 2 heterocycles. The number of benzene rings is 1. The zero-order chi connectivity index (χ0) is 20.4. The molecule has 1 aliphatic rings. The zero-order valence-electron chi connectivity index (χ0n) is 15.8. The summed E-state index contributed by atoms with van der Waals surface area (Å²) < 4.78 is 14.4. The van der Waals surface area contributed by atoms with Crippen LogP contribution in [0.5, 0.6) is 0 Å². The Morgan fingerprint density at radius 1 is 1.17 bits per heavy atom. The number of amides is 1. The summed E-state index contributed by atoms with van der Waals surface area (Å²) in [6.45, 7) is 0. The molecule has 2 aromatic heterocycles. The van der Waals surface area contributed by atoms with Crippen LogP contribution in [0.15, 0.2) is 36.7 Å². The van der Waals surface area contributed by atoms with Gasteiger partial charge in [-0.05, 0) is 49.9 Å². The smallest absolute Gasteiger partial charge is 0.254 e. The van der Waals surface area contributed by atoms with Crippen molar-refractivity contribution in [1.29, 1.82) is 0 Å². The van der Waals surface area contributed by atoms with Gasteiger partial charge < -0.3 is 10.6 Å². The van der Waals surface area contributed by atoms with Gasteiger partial charge in [0.15, 0.2) is 5.82 Å². The molecular formula is C21H19ClFN5O. The van der Waals surface area contributed by atoms with Gasteiger partial charge >= 0.3 is 0 Å². The average molecular weight is 412 g/mol. The molecule has 8 heteroatoms. The SMILES string of the molecule is CNC(=O)c1cnccc1Nc1nc(-c2cc(Cl)ccc2F)nc2c1CCCC2. The maximum absolute atomic E-state index is 14.4. The molecule has 0 saturated heterocycles. The topological polar surface area (TPSA) is 79.8 Å². The Morgan fingerprint density at radius 3 is 2.83 bits per heavy atom. The molecule has 1 aliphatic carbocycles. The molecule has 1 aromatic carbocycles. The maximum atomic E-state index is 14.4. The molecule has 1 amide bonds. The number of hydrogen-bond acceptors (Lipinski definition) is 5. The molecular weight excluding hydrogens is 393 g/mol. The molecule has 3 aromatic rings. The molecule has 0 radical (unpaired) electrons. The van der Waals surface area contributed by atoms with Gasteiger partial charge in [0.2, 0.25) is 0 Å². The number of fused-ring (bicyclic) bond motifs is 1. The molecule has 0 atom stereocenters. The Kier molecular flexibility index (Phi) is 5.40. The van der Waals surface area contributed by atoms with E-state index in [1.165, 1.54) is 24.4 Å². The van der Waals surface area contributed by atoms with Crippen molar-refractivity contribution >= 4 is 29.0 Å². The van der Waals surface area contributed by atoms with Crippen molar-refractivity contribution in [2.45, 2.75) is 25.7 Å². The summed E-state index contributed by atoms with van der Waals surface area (Å²) in [7, 11) is 1.56. The standard InChI is InChI=1S/C21H19ClFN5O/c1-24-21(29)15-11-25-9-8-18(15)27-19-13-4-2-3-5-17(13)26-20(28-19)14-10-12(22)6-7-16(14)23/h6-11H,2-5H2,1H3,(H,24,29)(H,25,26,27,28). The summed E-state index contributed by atoms with van der Waals surface area (Å²) in [5.74, 6) is 0.139. The minimum atomic E-state index is -0.439. The fourth-order valence-electron chi connectivity index (χ4n) is 3.43. The van der Waals surface area contributed by atoms with Crippen molar-refractivity contribution in [2.24, 2.45) is 0 Å². The third-order valence-corrected chi connectivity index (χ3v) is 5.13. The highest BCUT2D eigenvalue weighted by Gasteiger charge is 2.21. The van der Waals surface area contributed by atoms with E-state index in [0.29, 0.717) is 22.1 Å². The van der Waals surface area contributed by atoms with Crippen molar-refractivity contribution in [1.82, 2.24) is 20.3 Å².